The number of halogens is 1. The van der Waals surface area contributed by atoms with Gasteiger partial charge in [-0.3, -0.25) is 0 Å². The zero-order valence-electron chi connectivity index (χ0n) is 9.88. The van der Waals surface area contributed by atoms with E-state index in [4.69, 9.17) is 11.6 Å². The van der Waals surface area contributed by atoms with Gasteiger partial charge in [0.15, 0.2) is 0 Å². The highest BCUT2D eigenvalue weighted by Crippen LogP contribution is 2.33. The molecule has 16 heavy (non-hydrogen) atoms. The molecule has 0 heterocycles. The highest BCUT2D eigenvalue weighted by atomic mass is 35.5. The van der Waals surface area contributed by atoms with E-state index in [2.05, 4.69) is 24.4 Å². The maximum absolute atomic E-state index is 5.85. The van der Waals surface area contributed by atoms with E-state index in [9.17, 15) is 0 Å². The SMILES string of the molecule is CCC(NCCc1ccc(Cl)cc1)C1CC1. The molecule has 0 radical (unpaired) electrons. The van der Waals surface area contributed by atoms with Crippen molar-refractivity contribution < 1.29 is 0 Å². The summed E-state index contributed by atoms with van der Waals surface area (Å²) in [6.45, 7) is 3.36. The second-order valence-corrected chi connectivity index (χ2v) is 5.12. The van der Waals surface area contributed by atoms with Crippen LogP contribution < -0.4 is 5.32 Å². The first-order valence-corrected chi connectivity index (χ1v) is 6.65. The molecule has 1 aromatic rings. The Morgan fingerprint density at radius 2 is 2.00 bits per heavy atom. The minimum absolute atomic E-state index is 0.743. The molecule has 1 N–H and O–H groups in total. The first-order chi connectivity index (χ1) is 7.79. The third kappa shape index (κ3) is 3.50. The summed E-state index contributed by atoms with van der Waals surface area (Å²) < 4.78 is 0. The van der Waals surface area contributed by atoms with Crippen molar-refractivity contribution in [3.8, 4) is 0 Å². The molecule has 1 fully saturated rings. The fourth-order valence-electron chi connectivity index (χ4n) is 2.20. The molecule has 0 saturated heterocycles. The molecule has 2 rings (SSSR count). The predicted octanol–water partition coefficient (Wildman–Crippen LogP) is 3.66. The Balaban J connectivity index is 1.72. The molecular weight excluding hydrogens is 218 g/mol. The first kappa shape index (κ1) is 11.9. The van der Waals surface area contributed by atoms with E-state index in [1.165, 1.54) is 24.8 Å². The second-order valence-electron chi connectivity index (χ2n) is 4.68. The fourth-order valence-corrected chi connectivity index (χ4v) is 2.32. The van der Waals surface area contributed by atoms with Gasteiger partial charge in [-0.1, -0.05) is 30.7 Å². The smallest absolute Gasteiger partial charge is 0.0406 e. The fraction of sp³-hybridized carbons (Fsp3) is 0.571. The van der Waals surface area contributed by atoms with Crippen molar-refractivity contribution in [1.29, 1.82) is 0 Å². The average molecular weight is 238 g/mol. The van der Waals surface area contributed by atoms with E-state index in [1.807, 2.05) is 12.1 Å². The Morgan fingerprint density at radius 1 is 1.31 bits per heavy atom. The molecule has 0 aliphatic heterocycles. The Kier molecular flexibility index (Phi) is 4.25. The van der Waals surface area contributed by atoms with Crippen LogP contribution in [0.2, 0.25) is 5.02 Å². The molecule has 1 unspecified atom stereocenters. The normalized spacial score (nSPS) is 17.4. The zero-order chi connectivity index (χ0) is 11.4. The van der Waals surface area contributed by atoms with Crippen LogP contribution in [-0.2, 0) is 6.42 Å². The summed E-state index contributed by atoms with van der Waals surface area (Å²) in [5.74, 6) is 0.954. The number of rotatable bonds is 6. The van der Waals surface area contributed by atoms with Crippen LogP contribution >= 0.6 is 11.6 Å². The van der Waals surface area contributed by atoms with Crippen LogP contribution in [0.4, 0.5) is 0 Å². The molecule has 0 aromatic heterocycles. The molecule has 1 aliphatic rings. The molecule has 1 aliphatic carbocycles. The molecule has 0 bridgehead atoms. The van der Waals surface area contributed by atoms with Gasteiger partial charge >= 0.3 is 0 Å². The maximum Gasteiger partial charge on any atom is 0.0406 e. The third-order valence-corrected chi connectivity index (χ3v) is 3.62. The summed E-state index contributed by atoms with van der Waals surface area (Å²) in [4.78, 5) is 0. The van der Waals surface area contributed by atoms with E-state index in [-0.39, 0.29) is 0 Å². The summed E-state index contributed by atoms with van der Waals surface area (Å²) in [7, 11) is 0. The molecule has 1 aromatic carbocycles. The van der Waals surface area contributed by atoms with E-state index < -0.39 is 0 Å². The molecule has 1 nitrogen and oxygen atoms in total. The average Bonchev–Trinajstić information content (AvgIpc) is 3.11. The number of benzene rings is 1. The monoisotopic (exact) mass is 237 g/mol. The van der Waals surface area contributed by atoms with Crippen molar-refractivity contribution >= 4 is 11.6 Å². The molecule has 2 heteroatoms. The summed E-state index contributed by atoms with van der Waals surface area (Å²) in [5.41, 5.74) is 1.36. The minimum atomic E-state index is 0.743. The number of hydrogen-bond donors (Lipinski definition) is 1. The molecule has 0 spiro atoms. The molecule has 1 saturated carbocycles. The summed E-state index contributed by atoms with van der Waals surface area (Å²) in [6, 6.07) is 8.90. The van der Waals surface area contributed by atoms with Crippen LogP contribution in [0, 0.1) is 5.92 Å². The van der Waals surface area contributed by atoms with Gasteiger partial charge in [-0.05, 0) is 55.8 Å². The van der Waals surface area contributed by atoms with Crippen LogP contribution in [0.3, 0.4) is 0 Å². The van der Waals surface area contributed by atoms with Crippen LogP contribution in [0.25, 0.3) is 0 Å². The van der Waals surface area contributed by atoms with Gasteiger partial charge < -0.3 is 5.32 Å². The van der Waals surface area contributed by atoms with Crippen molar-refractivity contribution in [3.63, 3.8) is 0 Å². The van der Waals surface area contributed by atoms with Crippen molar-refractivity contribution in [2.24, 2.45) is 5.92 Å². The molecule has 0 amide bonds. The van der Waals surface area contributed by atoms with Gasteiger partial charge in [0.2, 0.25) is 0 Å². The Bertz CT molecular complexity index is 316. The van der Waals surface area contributed by atoms with E-state index >= 15 is 0 Å². The summed E-state index contributed by atoms with van der Waals surface area (Å²) in [5, 5.41) is 4.48. The lowest BCUT2D eigenvalue weighted by Gasteiger charge is -2.15. The highest BCUT2D eigenvalue weighted by molar-refractivity contribution is 6.30. The lowest BCUT2D eigenvalue weighted by atomic mass is 10.1. The Labute approximate surface area is 103 Å². The van der Waals surface area contributed by atoms with Gasteiger partial charge in [0.25, 0.3) is 0 Å². The van der Waals surface area contributed by atoms with Crippen molar-refractivity contribution in [2.75, 3.05) is 6.54 Å². The molecule has 1 atom stereocenters. The van der Waals surface area contributed by atoms with Crippen LogP contribution in [0.5, 0.6) is 0 Å². The second kappa shape index (κ2) is 5.70. The van der Waals surface area contributed by atoms with Gasteiger partial charge in [-0.2, -0.15) is 0 Å². The Hall–Kier alpha value is -0.530. The number of hydrogen-bond acceptors (Lipinski definition) is 1. The van der Waals surface area contributed by atoms with Crippen LogP contribution in [-0.4, -0.2) is 12.6 Å². The largest absolute Gasteiger partial charge is 0.313 e. The van der Waals surface area contributed by atoms with Crippen LogP contribution in [0.1, 0.15) is 31.7 Å². The van der Waals surface area contributed by atoms with Gasteiger partial charge in [0, 0.05) is 11.1 Å². The van der Waals surface area contributed by atoms with Gasteiger partial charge in [0.05, 0.1) is 0 Å². The third-order valence-electron chi connectivity index (χ3n) is 3.36. The standard InChI is InChI=1S/C14H20ClN/c1-2-14(12-5-6-12)16-10-9-11-3-7-13(15)8-4-11/h3-4,7-8,12,14,16H,2,5-6,9-10H2,1H3. The van der Waals surface area contributed by atoms with Crippen molar-refractivity contribution in [2.45, 2.75) is 38.6 Å². The number of nitrogens with one attached hydrogen (secondary N) is 1. The van der Waals surface area contributed by atoms with E-state index in [0.29, 0.717) is 0 Å². The Morgan fingerprint density at radius 3 is 2.56 bits per heavy atom. The van der Waals surface area contributed by atoms with Gasteiger partial charge in [0.1, 0.15) is 0 Å². The van der Waals surface area contributed by atoms with Gasteiger partial charge in [-0.25, -0.2) is 0 Å². The van der Waals surface area contributed by atoms with E-state index in [0.717, 1.165) is 29.9 Å². The van der Waals surface area contributed by atoms with Gasteiger partial charge in [-0.15, -0.1) is 0 Å². The maximum atomic E-state index is 5.85. The van der Waals surface area contributed by atoms with Crippen molar-refractivity contribution in [1.82, 2.24) is 5.32 Å². The zero-order valence-corrected chi connectivity index (χ0v) is 10.6. The quantitative estimate of drug-likeness (QED) is 0.796. The molecule has 88 valence electrons. The minimum Gasteiger partial charge on any atom is -0.313 e. The lowest BCUT2D eigenvalue weighted by molar-refractivity contribution is 0.453. The molecular formula is C14H20ClN. The van der Waals surface area contributed by atoms with E-state index in [1.54, 1.807) is 0 Å². The van der Waals surface area contributed by atoms with Crippen LogP contribution in [0.15, 0.2) is 24.3 Å². The summed E-state index contributed by atoms with van der Waals surface area (Å²) >= 11 is 5.85. The lowest BCUT2D eigenvalue weighted by Crippen LogP contribution is -2.32. The topological polar surface area (TPSA) is 12.0 Å². The summed E-state index contributed by atoms with van der Waals surface area (Å²) in [6.07, 6.45) is 5.20. The predicted molar refractivity (Wildman–Crippen MR) is 70.0 cm³/mol. The van der Waals surface area contributed by atoms with Crippen molar-refractivity contribution in [3.05, 3.63) is 34.9 Å². The highest BCUT2D eigenvalue weighted by Gasteiger charge is 2.29. The first-order valence-electron chi connectivity index (χ1n) is 6.27.